The number of halogens is 2. The van der Waals surface area contributed by atoms with Crippen LogP contribution in [0.1, 0.15) is 37.1 Å². The molecule has 4 aromatic rings. The summed E-state index contributed by atoms with van der Waals surface area (Å²) in [4.78, 5) is 13.2. The van der Waals surface area contributed by atoms with Crippen molar-refractivity contribution in [3.63, 3.8) is 0 Å². The van der Waals surface area contributed by atoms with E-state index < -0.39 is 11.4 Å². The molecule has 0 amide bonds. The number of hydrogen-bond acceptors (Lipinski definition) is 6. The number of imidazole rings is 1. The van der Waals surface area contributed by atoms with Crippen molar-refractivity contribution < 1.29 is 8.78 Å². The maximum absolute atomic E-state index is 14.8. The normalized spacial score (nSPS) is 20.8. The first-order valence-corrected chi connectivity index (χ1v) is 10.9. The third-order valence-electron chi connectivity index (χ3n) is 6.27. The lowest BCUT2D eigenvalue weighted by Gasteiger charge is -2.34. The monoisotopic (exact) mass is 449 g/mol. The number of rotatable bonds is 5. The molecular formula is C24H25F2N7. The fraction of sp³-hybridized carbons (Fsp3) is 0.292. The number of anilines is 1. The predicted octanol–water partition coefficient (Wildman–Crippen LogP) is 3.74. The maximum Gasteiger partial charge on any atom is 0.169 e. The van der Waals surface area contributed by atoms with E-state index in [1.54, 1.807) is 22.7 Å². The van der Waals surface area contributed by atoms with Gasteiger partial charge in [0.1, 0.15) is 23.0 Å². The zero-order valence-corrected chi connectivity index (χ0v) is 18.0. The summed E-state index contributed by atoms with van der Waals surface area (Å²) in [7, 11) is 0. The van der Waals surface area contributed by atoms with Gasteiger partial charge in [0.15, 0.2) is 5.82 Å². The Morgan fingerprint density at radius 1 is 1.03 bits per heavy atom. The highest BCUT2D eigenvalue weighted by molar-refractivity contribution is 5.63. The number of pyridine rings is 1. The molecule has 0 aliphatic heterocycles. The van der Waals surface area contributed by atoms with E-state index in [0.717, 1.165) is 24.1 Å². The second-order valence-corrected chi connectivity index (χ2v) is 8.65. The van der Waals surface area contributed by atoms with Crippen LogP contribution < -0.4 is 16.8 Å². The first-order valence-electron chi connectivity index (χ1n) is 10.9. The summed E-state index contributed by atoms with van der Waals surface area (Å²) in [6.45, 7) is 0.514. The Bertz CT molecular complexity index is 1280. The summed E-state index contributed by atoms with van der Waals surface area (Å²) < 4.78 is 29.8. The molecule has 1 aliphatic carbocycles. The van der Waals surface area contributed by atoms with Gasteiger partial charge in [0, 0.05) is 18.8 Å². The van der Waals surface area contributed by atoms with E-state index in [-0.39, 0.29) is 17.6 Å². The lowest BCUT2D eigenvalue weighted by Crippen LogP contribution is -2.45. The first-order chi connectivity index (χ1) is 15.9. The van der Waals surface area contributed by atoms with Crippen LogP contribution >= 0.6 is 0 Å². The SMILES string of the molecule is NC1CCC(N)(c2ncc(F)c(-c3cnc4ccc(NCc5ccc(F)cc5)cn34)n2)CC1. The quantitative estimate of drug-likeness (QED) is 0.429. The standard InChI is InChI=1S/C24H25F2N7/c25-16-3-1-15(2-4-16)11-29-18-5-6-21-30-13-20(33(21)14-18)22-19(26)12-31-23(32-22)24(28)9-7-17(27)8-10-24/h1-6,12-14,17,29H,7-11,27-28H2. The van der Waals surface area contributed by atoms with Gasteiger partial charge < -0.3 is 16.8 Å². The minimum absolute atomic E-state index is 0.126. The largest absolute Gasteiger partial charge is 0.380 e. The Morgan fingerprint density at radius 3 is 2.55 bits per heavy atom. The van der Waals surface area contributed by atoms with Crippen LogP contribution in [0.2, 0.25) is 0 Å². The zero-order valence-electron chi connectivity index (χ0n) is 18.0. The van der Waals surface area contributed by atoms with Gasteiger partial charge >= 0.3 is 0 Å². The van der Waals surface area contributed by atoms with Crippen LogP contribution in [-0.4, -0.2) is 25.4 Å². The van der Waals surface area contributed by atoms with Crippen molar-refractivity contribution in [2.24, 2.45) is 11.5 Å². The van der Waals surface area contributed by atoms with Gasteiger partial charge in [-0.15, -0.1) is 0 Å². The van der Waals surface area contributed by atoms with E-state index in [1.165, 1.54) is 18.3 Å². The minimum atomic E-state index is -0.722. The van der Waals surface area contributed by atoms with Crippen LogP contribution in [0, 0.1) is 11.6 Å². The van der Waals surface area contributed by atoms with Crippen LogP contribution in [0.25, 0.3) is 17.0 Å². The van der Waals surface area contributed by atoms with E-state index in [4.69, 9.17) is 11.5 Å². The molecule has 1 fully saturated rings. The molecule has 9 heteroatoms. The zero-order chi connectivity index (χ0) is 23.0. The highest BCUT2D eigenvalue weighted by Gasteiger charge is 2.35. The number of nitrogens with zero attached hydrogens (tertiary/aromatic N) is 4. The molecule has 0 radical (unpaired) electrons. The van der Waals surface area contributed by atoms with Gasteiger partial charge in [-0.3, -0.25) is 4.40 Å². The lowest BCUT2D eigenvalue weighted by molar-refractivity contribution is 0.264. The Kier molecular flexibility index (Phi) is 5.51. The number of fused-ring (bicyclic) bond motifs is 1. The molecule has 0 bridgehead atoms. The topological polar surface area (TPSA) is 107 Å². The van der Waals surface area contributed by atoms with Crippen molar-refractivity contribution in [1.82, 2.24) is 19.4 Å². The summed E-state index contributed by atoms with van der Waals surface area (Å²) >= 11 is 0. The second kappa shape index (κ2) is 8.49. The summed E-state index contributed by atoms with van der Waals surface area (Å²) in [6, 6.07) is 10.1. The average Bonchev–Trinajstić information content (AvgIpc) is 3.24. The number of nitrogens with one attached hydrogen (secondary N) is 1. The molecule has 1 aromatic carbocycles. The fourth-order valence-electron chi connectivity index (χ4n) is 4.23. The van der Waals surface area contributed by atoms with E-state index in [1.807, 2.05) is 18.3 Å². The van der Waals surface area contributed by atoms with Crippen LogP contribution in [-0.2, 0) is 12.1 Å². The third kappa shape index (κ3) is 4.29. The first kappa shape index (κ1) is 21.4. The molecule has 0 saturated heterocycles. The van der Waals surface area contributed by atoms with Crippen molar-refractivity contribution in [2.75, 3.05) is 5.32 Å². The summed E-state index contributed by atoms with van der Waals surface area (Å²) in [5, 5.41) is 3.30. The Labute approximate surface area is 189 Å². The molecule has 1 saturated carbocycles. The van der Waals surface area contributed by atoms with Gasteiger partial charge in [0.25, 0.3) is 0 Å². The van der Waals surface area contributed by atoms with E-state index in [2.05, 4.69) is 20.3 Å². The molecule has 3 heterocycles. The molecule has 3 aromatic heterocycles. The third-order valence-corrected chi connectivity index (χ3v) is 6.27. The van der Waals surface area contributed by atoms with E-state index >= 15 is 0 Å². The molecule has 0 unspecified atom stereocenters. The van der Waals surface area contributed by atoms with Crippen molar-refractivity contribution in [2.45, 2.75) is 43.8 Å². The lowest BCUT2D eigenvalue weighted by atomic mass is 9.80. The van der Waals surface area contributed by atoms with Crippen molar-refractivity contribution >= 4 is 11.3 Å². The number of hydrogen-bond donors (Lipinski definition) is 3. The molecule has 33 heavy (non-hydrogen) atoms. The van der Waals surface area contributed by atoms with Gasteiger partial charge in [-0.2, -0.15) is 0 Å². The summed E-state index contributed by atoms with van der Waals surface area (Å²) in [5.41, 5.74) is 15.0. The summed E-state index contributed by atoms with van der Waals surface area (Å²) in [5.74, 6) is -0.391. The number of benzene rings is 1. The van der Waals surface area contributed by atoms with Crippen LogP contribution in [0.5, 0.6) is 0 Å². The molecule has 0 spiro atoms. The van der Waals surface area contributed by atoms with Crippen molar-refractivity contribution in [1.29, 1.82) is 0 Å². The number of aromatic nitrogens is 4. The van der Waals surface area contributed by atoms with Gasteiger partial charge in [0.2, 0.25) is 0 Å². The predicted molar refractivity (Wildman–Crippen MR) is 122 cm³/mol. The highest BCUT2D eigenvalue weighted by atomic mass is 19.1. The minimum Gasteiger partial charge on any atom is -0.380 e. The molecule has 5 N–H and O–H groups in total. The maximum atomic E-state index is 14.8. The second-order valence-electron chi connectivity index (χ2n) is 8.65. The highest BCUT2D eigenvalue weighted by Crippen LogP contribution is 2.34. The molecule has 7 nitrogen and oxygen atoms in total. The summed E-state index contributed by atoms with van der Waals surface area (Å²) in [6.07, 6.45) is 7.48. The van der Waals surface area contributed by atoms with Crippen molar-refractivity contribution in [3.05, 3.63) is 78.0 Å². The van der Waals surface area contributed by atoms with Crippen molar-refractivity contribution in [3.8, 4) is 11.4 Å². The average molecular weight is 450 g/mol. The Hall–Kier alpha value is -3.43. The van der Waals surface area contributed by atoms with Gasteiger partial charge in [-0.25, -0.2) is 23.7 Å². The molecule has 170 valence electrons. The van der Waals surface area contributed by atoms with Gasteiger partial charge in [-0.05, 0) is 55.5 Å². The molecule has 5 rings (SSSR count). The molecular weight excluding hydrogens is 424 g/mol. The van der Waals surface area contributed by atoms with Crippen LogP contribution in [0.15, 0.2) is 55.0 Å². The van der Waals surface area contributed by atoms with Crippen LogP contribution in [0.3, 0.4) is 0 Å². The Morgan fingerprint density at radius 2 is 1.79 bits per heavy atom. The Balaban J connectivity index is 1.46. The molecule has 1 aliphatic rings. The molecule has 0 atom stereocenters. The van der Waals surface area contributed by atoms with Gasteiger partial charge in [-0.1, -0.05) is 12.1 Å². The fourth-order valence-corrected chi connectivity index (χ4v) is 4.23. The van der Waals surface area contributed by atoms with E-state index in [9.17, 15) is 8.78 Å². The van der Waals surface area contributed by atoms with E-state index in [0.29, 0.717) is 36.6 Å². The van der Waals surface area contributed by atoms with Gasteiger partial charge in [0.05, 0.1) is 29.3 Å². The smallest absolute Gasteiger partial charge is 0.169 e. The number of nitrogens with two attached hydrogens (primary N) is 2. The van der Waals surface area contributed by atoms with Crippen LogP contribution in [0.4, 0.5) is 14.5 Å².